The number of rotatable bonds is 6. The molecule has 1 aromatic carbocycles. The van der Waals surface area contributed by atoms with E-state index in [0.29, 0.717) is 12.2 Å². The van der Waals surface area contributed by atoms with Gasteiger partial charge in [-0.05, 0) is 17.0 Å². The molecule has 7 heteroatoms. The molecule has 1 fully saturated rings. The molecule has 6 nitrogen and oxygen atoms in total. The van der Waals surface area contributed by atoms with Gasteiger partial charge in [0, 0.05) is 37.6 Å². The van der Waals surface area contributed by atoms with Crippen LogP contribution in [0.4, 0.5) is 0 Å². The van der Waals surface area contributed by atoms with Crippen molar-refractivity contribution in [2.24, 2.45) is 0 Å². The van der Waals surface area contributed by atoms with Crippen LogP contribution in [0.2, 0.25) is 0 Å². The Labute approximate surface area is 168 Å². The molecule has 0 radical (unpaired) electrons. The number of piperazine rings is 1. The molecule has 0 N–H and O–H groups in total. The van der Waals surface area contributed by atoms with Gasteiger partial charge in [0.1, 0.15) is 0 Å². The summed E-state index contributed by atoms with van der Waals surface area (Å²) in [4.78, 5) is 18.3. The Balaban J connectivity index is 1.28. The van der Waals surface area contributed by atoms with Crippen LogP contribution in [-0.4, -0.2) is 56.9 Å². The fourth-order valence-corrected chi connectivity index (χ4v) is 3.99. The van der Waals surface area contributed by atoms with Crippen LogP contribution in [-0.2, 0) is 13.1 Å². The highest BCUT2D eigenvalue weighted by Crippen LogP contribution is 2.14. The lowest BCUT2D eigenvalue weighted by Crippen LogP contribution is -2.48. The zero-order chi connectivity index (χ0) is 19.2. The van der Waals surface area contributed by atoms with Gasteiger partial charge in [0.2, 0.25) is 0 Å². The van der Waals surface area contributed by atoms with Crippen LogP contribution in [0.5, 0.6) is 0 Å². The van der Waals surface area contributed by atoms with E-state index in [1.807, 2.05) is 47.4 Å². The summed E-state index contributed by atoms with van der Waals surface area (Å²) in [5, 5.41) is 10.3. The van der Waals surface area contributed by atoms with E-state index < -0.39 is 0 Å². The third-order valence-electron chi connectivity index (χ3n) is 4.78. The number of hydrogen-bond acceptors (Lipinski definition) is 5. The van der Waals surface area contributed by atoms with Crippen LogP contribution < -0.4 is 0 Å². The number of aromatic nitrogens is 3. The maximum Gasteiger partial charge on any atom is 0.276 e. The molecule has 0 saturated carbocycles. The molecule has 3 heterocycles. The van der Waals surface area contributed by atoms with E-state index in [4.69, 9.17) is 0 Å². The van der Waals surface area contributed by atoms with Crippen molar-refractivity contribution in [2.75, 3.05) is 26.2 Å². The summed E-state index contributed by atoms with van der Waals surface area (Å²) in [6.07, 6.45) is 5.79. The number of allylic oxidation sites excluding steroid dienone is 1. The van der Waals surface area contributed by atoms with Gasteiger partial charge < -0.3 is 4.90 Å². The van der Waals surface area contributed by atoms with Gasteiger partial charge >= 0.3 is 0 Å². The first-order valence-corrected chi connectivity index (χ1v) is 10.3. The quantitative estimate of drug-likeness (QED) is 0.646. The summed E-state index contributed by atoms with van der Waals surface area (Å²) in [5.74, 6) is -0.0333. The minimum atomic E-state index is -0.0333. The number of carbonyl (C=O) groups excluding carboxylic acids is 1. The Morgan fingerprint density at radius 3 is 2.64 bits per heavy atom. The van der Waals surface area contributed by atoms with Crippen molar-refractivity contribution in [3.63, 3.8) is 0 Å². The normalized spacial score (nSPS) is 15.4. The fourth-order valence-electron chi connectivity index (χ4n) is 3.24. The molecule has 1 amide bonds. The topological polar surface area (TPSA) is 54.3 Å². The molecule has 0 spiro atoms. The molecule has 1 aliphatic heterocycles. The SMILES string of the molecule is O=C(c1cn(CC=Cc2ccccc2)nn1)N1CCN(Cc2cccs2)CC1. The van der Waals surface area contributed by atoms with Crippen molar-refractivity contribution in [3.8, 4) is 0 Å². The molecule has 0 bridgehead atoms. The molecule has 144 valence electrons. The summed E-state index contributed by atoms with van der Waals surface area (Å²) < 4.78 is 1.69. The highest BCUT2D eigenvalue weighted by Gasteiger charge is 2.24. The van der Waals surface area contributed by atoms with E-state index in [2.05, 4.69) is 32.7 Å². The van der Waals surface area contributed by atoms with Crippen molar-refractivity contribution in [3.05, 3.63) is 76.3 Å². The second-order valence-electron chi connectivity index (χ2n) is 6.79. The number of benzene rings is 1. The van der Waals surface area contributed by atoms with Crippen LogP contribution in [0.25, 0.3) is 6.08 Å². The molecule has 1 saturated heterocycles. The lowest BCUT2D eigenvalue weighted by molar-refractivity contribution is 0.0624. The maximum atomic E-state index is 12.7. The van der Waals surface area contributed by atoms with E-state index >= 15 is 0 Å². The van der Waals surface area contributed by atoms with E-state index in [0.717, 1.165) is 38.3 Å². The first-order valence-electron chi connectivity index (χ1n) is 9.44. The third kappa shape index (κ3) is 4.74. The van der Waals surface area contributed by atoms with Gasteiger partial charge in [-0.25, -0.2) is 4.68 Å². The largest absolute Gasteiger partial charge is 0.335 e. The first-order chi connectivity index (χ1) is 13.8. The number of nitrogens with zero attached hydrogens (tertiary/aromatic N) is 5. The van der Waals surface area contributed by atoms with Crippen LogP contribution in [0.15, 0.2) is 60.1 Å². The average Bonchev–Trinajstić information content (AvgIpc) is 3.41. The highest BCUT2D eigenvalue weighted by molar-refractivity contribution is 7.09. The van der Waals surface area contributed by atoms with Crippen molar-refractivity contribution in [1.29, 1.82) is 0 Å². The average molecular weight is 394 g/mol. The molecule has 0 unspecified atom stereocenters. The summed E-state index contributed by atoms with van der Waals surface area (Å²) in [6.45, 7) is 4.78. The van der Waals surface area contributed by atoms with Crippen LogP contribution >= 0.6 is 11.3 Å². The lowest BCUT2D eigenvalue weighted by Gasteiger charge is -2.34. The van der Waals surface area contributed by atoms with Gasteiger partial charge in [-0.1, -0.05) is 53.8 Å². The van der Waals surface area contributed by atoms with Gasteiger partial charge in [-0.3, -0.25) is 9.69 Å². The van der Waals surface area contributed by atoms with Crippen LogP contribution in [0.3, 0.4) is 0 Å². The Hall–Kier alpha value is -2.77. The predicted molar refractivity (Wildman–Crippen MR) is 111 cm³/mol. The van der Waals surface area contributed by atoms with Crippen molar-refractivity contribution < 1.29 is 4.79 Å². The van der Waals surface area contributed by atoms with Crippen molar-refractivity contribution in [2.45, 2.75) is 13.1 Å². The van der Waals surface area contributed by atoms with Crippen LogP contribution in [0, 0.1) is 0 Å². The second-order valence-corrected chi connectivity index (χ2v) is 7.82. The molecule has 28 heavy (non-hydrogen) atoms. The zero-order valence-corrected chi connectivity index (χ0v) is 16.5. The second kappa shape index (κ2) is 8.95. The van der Waals surface area contributed by atoms with Gasteiger partial charge in [0.25, 0.3) is 5.91 Å². The predicted octanol–water partition coefficient (Wildman–Crippen LogP) is 3.01. The third-order valence-corrected chi connectivity index (χ3v) is 5.64. The molecular weight excluding hydrogens is 370 g/mol. The Morgan fingerprint density at radius 1 is 1.07 bits per heavy atom. The van der Waals surface area contributed by atoms with Crippen LogP contribution in [0.1, 0.15) is 20.9 Å². The van der Waals surface area contributed by atoms with Gasteiger partial charge in [-0.2, -0.15) is 0 Å². The lowest BCUT2D eigenvalue weighted by atomic mass is 10.2. The highest BCUT2D eigenvalue weighted by atomic mass is 32.1. The summed E-state index contributed by atoms with van der Waals surface area (Å²) >= 11 is 1.78. The number of carbonyl (C=O) groups is 1. The van der Waals surface area contributed by atoms with E-state index in [-0.39, 0.29) is 5.91 Å². The number of hydrogen-bond donors (Lipinski definition) is 0. The summed E-state index contributed by atoms with van der Waals surface area (Å²) in [5.41, 5.74) is 1.55. The Bertz CT molecular complexity index is 911. The number of thiophene rings is 1. The minimum absolute atomic E-state index is 0.0333. The number of amides is 1. The summed E-state index contributed by atoms with van der Waals surface area (Å²) in [6, 6.07) is 14.3. The van der Waals surface area contributed by atoms with Gasteiger partial charge in [-0.15, -0.1) is 16.4 Å². The monoisotopic (exact) mass is 393 g/mol. The molecule has 2 aromatic heterocycles. The van der Waals surface area contributed by atoms with E-state index in [9.17, 15) is 4.79 Å². The minimum Gasteiger partial charge on any atom is -0.335 e. The fraction of sp³-hybridized carbons (Fsp3) is 0.286. The van der Waals surface area contributed by atoms with E-state index in [1.165, 1.54) is 4.88 Å². The van der Waals surface area contributed by atoms with Gasteiger partial charge in [0.15, 0.2) is 5.69 Å². The molecule has 0 atom stereocenters. The van der Waals surface area contributed by atoms with Gasteiger partial charge in [0.05, 0.1) is 12.7 Å². The molecule has 4 rings (SSSR count). The smallest absolute Gasteiger partial charge is 0.276 e. The maximum absolute atomic E-state index is 12.7. The molecule has 0 aliphatic carbocycles. The Morgan fingerprint density at radius 2 is 1.89 bits per heavy atom. The molecular formula is C21H23N5OS. The van der Waals surface area contributed by atoms with Crippen molar-refractivity contribution in [1.82, 2.24) is 24.8 Å². The van der Waals surface area contributed by atoms with E-state index in [1.54, 1.807) is 22.2 Å². The first kappa shape index (κ1) is 18.6. The molecule has 1 aliphatic rings. The molecule has 3 aromatic rings. The zero-order valence-electron chi connectivity index (χ0n) is 15.6. The summed E-state index contributed by atoms with van der Waals surface area (Å²) in [7, 11) is 0. The van der Waals surface area contributed by atoms with Crippen molar-refractivity contribution >= 4 is 23.3 Å². The Kier molecular flexibility index (Phi) is 5.94. The standard InChI is InChI=1S/C21H23N5OS/c27-21(25-13-11-24(12-14-25)16-19-9-5-15-28-19)20-17-26(23-22-20)10-4-8-18-6-2-1-3-7-18/h1-9,15,17H,10-14,16H2.